The predicted octanol–water partition coefficient (Wildman–Crippen LogP) is 7.83. The fourth-order valence-corrected chi connectivity index (χ4v) is 4.42. The second-order valence-electron chi connectivity index (χ2n) is 5.91. The number of benzene rings is 1. The Morgan fingerprint density at radius 3 is 2.04 bits per heavy atom. The molecule has 0 N–H and O–H groups in total. The number of alkyl halides is 3. The number of hydrogen-bond donors (Lipinski definition) is 0. The molecule has 25 heavy (non-hydrogen) atoms. The summed E-state index contributed by atoms with van der Waals surface area (Å²) in [5.41, 5.74) is -3.18. The molecular weight excluding hydrogens is 368 g/mol. The van der Waals surface area contributed by atoms with Gasteiger partial charge in [0, 0.05) is 23.9 Å². The van der Waals surface area contributed by atoms with Crippen LogP contribution in [0.1, 0.15) is 50.0 Å². The molecule has 0 saturated heterocycles. The topological polar surface area (TPSA) is 0 Å². The standard InChI is InChI=1S/C16H20F3S.BF4/c1-4-5-6-14-9-13-8-7-12(11(2)3)10-15(13)20(14)16(17,18)19;2-1(3,4)5/h7-11H,4-6H2,1-3H3;/q+1;-1. The average Bonchev–Trinajstić information content (AvgIpc) is 2.80. The van der Waals surface area contributed by atoms with Gasteiger partial charge < -0.3 is 17.3 Å². The lowest BCUT2D eigenvalue weighted by atomic mass is 10.0. The van der Waals surface area contributed by atoms with Crippen LogP contribution in [0, 0.1) is 0 Å². The van der Waals surface area contributed by atoms with Crippen molar-refractivity contribution >= 4 is 27.8 Å². The first-order valence-corrected chi connectivity index (χ1v) is 9.10. The Morgan fingerprint density at radius 1 is 1.04 bits per heavy atom. The summed E-state index contributed by atoms with van der Waals surface area (Å²) in [4.78, 5) is 0.551. The third-order valence-electron chi connectivity index (χ3n) is 3.51. The number of rotatable bonds is 4. The summed E-state index contributed by atoms with van der Waals surface area (Å²) in [6, 6.07) is 7.30. The number of halogens is 7. The molecule has 0 spiro atoms. The van der Waals surface area contributed by atoms with E-state index < -0.39 is 23.2 Å². The highest BCUT2D eigenvalue weighted by Gasteiger charge is 2.47. The second-order valence-corrected chi connectivity index (χ2v) is 7.95. The van der Waals surface area contributed by atoms with Crippen molar-refractivity contribution in [2.24, 2.45) is 0 Å². The number of hydrogen-bond acceptors (Lipinski definition) is 0. The molecule has 0 nitrogen and oxygen atoms in total. The fourth-order valence-electron chi connectivity index (χ4n) is 2.38. The van der Waals surface area contributed by atoms with Gasteiger partial charge in [0.1, 0.15) is 0 Å². The Hall–Kier alpha value is -1.25. The molecule has 1 aromatic heterocycles. The summed E-state index contributed by atoms with van der Waals surface area (Å²) in [5, 5.41) is 0.751. The minimum atomic E-state index is -6.00. The van der Waals surface area contributed by atoms with Crippen LogP contribution >= 0.6 is 10.5 Å². The van der Waals surface area contributed by atoms with Crippen LogP contribution in [0.3, 0.4) is 0 Å². The third-order valence-corrected chi connectivity index (χ3v) is 5.61. The molecule has 1 heterocycles. The fraction of sp³-hybridized carbons (Fsp3) is 0.500. The monoisotopic (exact) mass is 388 g/mol. The highest BCUT2D eigenvalue weighted by atomic mass is 32.2. The van der Waals surface area contributed by atoms with E-state index in [2.05, 4.69) is 0 Å². The van der Waals surface area contributed by atoms with E-state index in [9.17, 15) is 30.4 Å². The Labute approximate surface area is 145 Å². The summed E-state index contributed by atoms with van der Waals surface area (Å²) in [5.74, 6) is 0.249. The van der Waals surface area contributed by atoms with Crippen molar-refractivity contribution in [3.05, 3.63) is 34.7 Å². The van der Waals surface area contributed by atoms with Crippen LogP contribution in [-0.2, 0) is 11.9 Å². The van der Waals surface area contributed by atoms with E-state index in [0.717, 1.165) is 23.8 Å². The predicted molar refractivity (Wildman–Crippen MR) is 90.6 cm³/mol. The summed E-state index contributed by atoms with van der Waals surface area (Å²) >= 11 is 0. The maximum absolute atomic E-state index is 13.4. The normalized spacial score (nSPS) is 13.2. The van der Waals surface area contributed by atoms with Crippen molar-refractivity contribution in [1.82, 2.24) is 0 Å². The number of unbranched alkanes of at least 4 members (excludes halogenated alkanes) is 1. The van der Waals surface area contributed by atoms with Gasteiger partial charge in [-0.25, -0.2) is 0 Å². The van der Waals surface area contributed by atoms with Gasteiger partial charge in [-0.3, -0.25) is 0 Å². The molecule has 2 rings (SSSR count). The Bertz CT molecular complexity index is 680. The molecule has 0 saturated carbocycles. The molecular formula is C16H20BF7S. The van der Waals surface area contributed by atoms with Crippen LogP contribution in [0.2, 0.25) is 0 Å². The van der Waals surface area contributed by atoms with Gasteiger partial charge in [0.15, 0.2) is 9.58 Å². The van der Waals surface area contributed by atoms with Crippen LogP contribution in [-0.4, -0.2) is 7.25 Å². The number of fused-ring (bicyclic) bond motifs is 1. The Morgan fingerprint density at radius 2 is 1.60 bits per heavy atom. The van der Waals surface area contributed by atoms with Gasteiger partial charge in [-0.1, -0.05) is 33.3 Å². The van der Waals surface area contributed by atoms with E-state index in [1.165, 1.54) is 0 Å². The van der Waals surface area contributed by atoms with Crippen LogP contribution in [0.5, 0.6) is 0 Å². The van der Waals surface area contributed by atoms with Gasteiger partial charge in [-0.2, -0.15) is 0 Å². The molecule has 142 valence electrons. The van der Waals surface area contributed by atoms with Crippen molar-refractivity contribution in [3.8, 4) is 0 Å². The zero-order chi connectivity index (χ0) is 19.4. The number of aryl methyl sites for hydroxylation is 1. The summed E-state index contributed by atoms with van der Waals surface area (Å²) < 4.78 is 79.7. The van der Waals surface area contributed by atoms with Crippen LogP contribution in [0.25, 0.3) is 10.1 Å². The van der Waals surface area contributed by atoms with Gasteiger partial charge in [-0.15, -0.1) is 13.2 Å². The third kappa shape index (κ3) is 6.88. The van der Waals surface area contributed by atoms with Gasteiger partial charge >= 0.3 is 12.8 Å². The van der Waals surface area contributed by atoms with Crippen LogP contribution in [0.4, 0.5) is 30.4 Å². The molecule has 0 radical (unpaired) electrons. The highest BCUT2D eigenvalue weighted by molar-refractivity contribution is 7.38. The SMILES string of the molecule is CCCCc1cc2ccc(C(C)C)cc2[s+]1C(F)(F)F.F[B-](F)(F)F. The molecule has 1 atom stereocenters. The second kappa shape index (κ2) is 8.42. The first kappa shape index (κ1) is 21.8. The minimum Gasteiger partial charge on any atom is -0.418 e. The molecule has 9 heteroatoms. The Kier molecular flexibility index (Phi) is 7.34. The smallest absolute Gasteiger partial charge is 0.418 e. The van der Waals surface area contributed by atoms with Gasteiger partial charge in [0.05, 0.1) is 10.5 Å². The van der Waals surface area contributed by atoms with E-state index in [1.54, 1.807) is 12.1 Å². The van der Waals surface area contributed by atoms with Crippen LogP contribution < -0.4 is 0 Å². The lowest BCUT2D eigenvalue weighted by Gasteiger charge is -2.04. The first-order valence-electron chi connectivity index (χ1n) is 7.87. The lowest BCUT2D eigenvalue weighted by molar-refractivity contribution is -0.0867. The molecule has 1 aromatic carbocycles. The zero-order valence-electron chi connectivity index (χ0n) is 14.1. The Balaban J connectivity index is 0.000000550. The largest absolute Gasteiger partial charge is 0.673 e. The van der Waals surface area contributed by atoms with Gasteiger partial charge in [0.25, 0.3) is 0 Å². The molecule has 0 fully saturated rings. The maximum atomic E-state index is 13.4. The lowest BCUT2D eigenvalue weighted by Crippen LogP contribution is -2.02. The molecule has 1 unspecified atom stereocenters. The van der Waals surface area contributed by atoms with Crippen molar-refractivity contribution in [3.63, 3.8) is 0 Å². The minimum absolute atomic E-state index is 0.249. The van der Waals surface area contributed by atoms with Gasteiger partial charge in [0.2, 0.25) is 0 Å². The van der Waals surface area contributed by atoms with Crippen molar-refractivity contribution in [1.29, 1.82) is 0 Å². The first-order chi connectivity index (χ1) is 11.3. The van der Waals surface area contributed by atoms with E-state index >= 15 is 0 Å². The van der Waals surface area contributed by atoms with Crippen molar-refractivity contribution in [2.75, 3.05) is 0 Å². The molecule has 0 aliphatic rings. The molecule has 0 aliphatic heterocycles. The summed E-state index contributed by atoms with van der Waals surface area (Å²) in [6.45, 7) is 6.02. The summed E-state index contributed by atoms with van der Waals surface area (Å²) in [6.07, 6.45) is 2.28. The maximum Gasteiger partial charge on any atom is 0.673 e. The molecule has 0 aliphatic carbocycles. The zero-order valence-corrected chi connectivity index (χ0v) is 15.0. The molecule has 2 aromatic rings. The molecule has 0 amide bonds. The average molecular weight is 388 g/mol. The van der Waals surface area contributed by atoms with E-state index in [1.807, 2.05) is 32.9 Å². The van der Waals surface area contributed by atoms with E-state index in [0.29, 0.717) is 16.0 Å². The van der Waals surface area contributed by atoms with E-state index in [-0.39, 0.29) is 5.92 Å². The highest BCUT2D eigenvalue weighted by Crippen LogP contribution is 2.51. The number of thiophene rings is 1. The summed E-state index contributed by atoms with van der Waals surface area (Å²) in [7, 11) is -7.72. The van der Waals surface area contributed by atoms with Gasteiger partial charge in [-0.05, 0) is 24.0 Å². The van der Waals surface area contributed by atoms with Crippen molar-refractivity contribution in [2.45, 2.75) is 51.5 Å². The van der Waals surface area contributed by atoms with Crippen LogP contribution in [0.15, 0.2) is 24.3 Å². The van der Waals surface area contributed by atoms with E-state index in [4.69, 9.17) is 0 Å². The quantitative estimate of drug-likeness (QED) is 0.284. The molecule has 0 bridgehead atoms. The van der Waals surface area contributed by atoms with Crippen molar-refractivity contribution < 1.29 is 30.4 Å².